The lowest BCUT2D eigenvalue weighted by Crippen LogP contribution is -2.11. The van der Waals surface area contributed by atoms with Crippen LogP contribution in [0.1, 0.15) is 27.9 Å². The molecular weight excluding hydrogens is 424 g/mol. The van der Waals surface area contributed by atoms with Gasteiger partial charge in [-0.2, -0.15) is 10.2 Å². The molecule has 0 radical (unpaired) electrons. The second-order valence-corrected chi connectivity index (χ2v) is 8.30. The summed E-state index contributed by atoms with van der Waals surface area (Å²) in [6, 6.07) is 12.5. The summed E-state index contributed by atoms with van der Waals surface area (Å²) in [5.41, 5.74) is 8.56. The number of rotatable bonds is 6. The molecule has 4 rings (SSSR count). The molecule has 3 N–H and O–H groups in total. The van der Waals surface area contributed by atoms with E-state index in [0.29, 0.717) is 45.5 Å². The normalized spacial score (nSPS) is 11.7. The highest BCUT2D eigenvalue weighted by atomic mass is 32.1. The van der Waals surface area contributed by atoms with Crippen LogP contribution in [0.4, 0.5) is 0 Å². The Bertz CT molecular complexity index is 1300. The highest BCUT2D eigenvalue weighted by Gasteiger charge is 2.15. The Morgan fingerprint density at radius 3 is 2.59 bits per heavy atom. The molecular formula is C23H20N6O2S. The molecule has 0 saturated heterocycles. The summed E-state index contributed by atoms with van der Waals surface area (Å²) in [6.45, 7) is 3.88. The van der Waals surface area contributed by atoms with Crippen LogP contribution in [0.15, 0.2) is 48.8 Å². The molecule has 8 nitrogen and oxygen atoms in total. The Labute approximate surface area is 189 Å². The van der Waals surface area contributed by atoms with E-state index < -0.39 is 6.10 Å². The van der Waals surface area contributed by atoms with E-state index in [1.165, 1.54) is 11.3 Å². The van der Waals surface area contributed by atoms with Crippen LogP contribution in [0.3, 0.4) is 0 Å². The monoisotopic (exact) mass is 444 g/mol. The third-order valence-corrected chi connectivity index (χ3v) is 5.59. The molecule has 160 valence electrons. The number of aryl methyl sites for hydroxylation is 2. The van der Waals surface area contributed by atoms with Crippen molar-refractivity contribution in [2.24, 2.45) is 5.73 Å². The first-order chi connectivity index (χ1) is 15.5. The van der Waals surface area contributed by atoms with E-state index in [1.54, 1.807) is 55.7 Å². The molecule has 0 amide bonds. The average molecular weight is 445 g/mol. The minimum Gasteiger partial charge on any atom is -0.438 e. The molecule has 3 aromatic heterocycles. The van der Waals surface area contributed by atoms with Crippen molar-refractivity contribution in [2.75, 3.05) is 6.54 Å². The van der Waals surface area contributed by atoms with Crippen molar-refractivity contribution < 1.29 is 9.84 Å². The highest BCUT2D eigenvalue weighted by molar-refractivity contribution is 7.14. The third kappa shape index (κ3) is 4.63. The maximum atomic E-state index is 9.91. The van der Waals surface area contributed by atoms with Crippen LogP contribution in [0, 0.1) is 25.2 Å². The zero-order chi connectivity index (χ0) is 22.7. The van der Waals surface area contributed by atoms with Gasteiger partial charge in [0.15, 0.2) is 0 Å². The van der Waals surface area contributed by atoms with Crippen LogP contribution in [0.25, 0.3) is 22.0 Å². The molecule has 32 heavy (non-hydrogen) atoms. The average Bonchev–Trinajstić information content (AvgIpc) is 3.24. The molecule has 1 aromatic carbocycles. The van der Waals surface area contributed by atoms with Gasteiger partial charge in [-0.1, -0.05) is 6.07 Å². The maximum Gasteiger partial charge on any atom is 0.223 e. The molecule has 9 heteroatoms. The number of thiazole rings is 1. The second kappa shape index (κ2) is 9.20. The van der Waals surface area contributed by atoms with Gasteiger partial charge in [-0.05, 0) is 38.1 Å². The standard InChI is InChI=1S/C23H20N6O2S/c1-13-11-27-23(32-13)19-8-22(29-14(2)28-19)31-21-7-15(9-24)3-5-17(21)18-6-4-16(12-26-18)20(30)10-25/h3-8,11-12,20,30H,10,25H2,1-2H3. The number of aromatic nitrogens is 4. The third-order valence-electron chi connectivity index (χ3n) is 4.65. The van der Waals surface area contributed by atoms with Gasteiger partial charge in [-0.3, -0.25) is 4.98 Å². The summed E-state index contributed by atoms with van der Waals surface area (Å²) in [4.78, 5) is 18.8. The number of nitrogens with zero attached hydrogens (tertiary/aromatic N) is 5. The van der Waals surface area contributed by atoms with E-state index in [4.69, 9.17) is 10.5 Å². The van der Waals surface area contributed by atoms with Crippen molar-refractivity contribution in [3.63, 3.8) is 0 Å². The molecule has 0 fully saturated rings. The fraction of sp³-hybridized carbons (Fsp3) is 0.174. The van der Waals surface area contributed by atoms with Gasteiger partial charge >= 0.3 is 0 Å². The Morgan fingerprint density at radius 2 is 1.94 bits per heavy atom. The van der Waals surface area contributed by atoms with Crippen molar-refractivity contribution in [3.05, 3.63) is 70.6 Å². The predicted molar refractivity (Wildman–Crippen MR) is 121 cm³/mol. The van der Waals surface area contributed by atoms with Crippen molar-refractivity contribution in [2.45, 2.75) is 20.0 Å². The Balaban J connectivity index is 1.73. The van der Waals surface area contributed by atoms with Crippen LogP contribution in [-0.4, -0.2) is 31.6 Å². The lowest BCUT2D eigenvalue weighted by molar-refractivity contribution is 0.186. The topological polar surface area (TPSA) is 131 Å². The number of benzene rings is 1. The van der Waals surface area contributed by atoms with E-state index in [0.717, 1.165) is 9.88 Å². The van der Waals surface area contributed by atoms with Crippen molar-refractivity contribution >= 4 is 11.3 Å². The van der Waals surface area contributed by atoms with Gasteiger partial charge in [-0.25, -0.2) is 9.97 Å². The van der Waals surface area contributed by atoms with Crippen LogP contribution in [-0.2, 0) is 0 Å². The predicted octanol–water partition coefficient (Wildman–Crippen LogP) is 3.94. The quantitative estimate of drug-likeness (QED) is 0.457. The second-order valence-electron chi connectivity index (χ2n) is 7.07. The fourth-order valence-corrected chi connectivity index (χ4v) is 3.80. The van der Waals surface area contributed by atoms with E-state index in [2.05, 4.69) is 26.0 Å². The number of ether oxygens (including phenoxy) is 1. The molecule has 0 aliphatic heterocycles. The SMILES string of the molecule is Cc1nc(Oc2cc(C#N)ccc2-c2ccc(C(O)CN)cn2)cc(-c2ncc(C)s2)n1. The molecule has 0 aliphatic carbocycles. The van der Waals surface area contributed by atoms with Gasteiger partial charge in [0.25, 0.3) is 0 Å². The zero-order valence-electron chi connectivity index (χ0n) is 17.5. The molecule has 0 spiro atoms. The number of hydrogen-bond donors (Lipinski definition) is 2. The first-order valence-corrected chi connectivity index (χ1v) is 10.6. The smallest absolute Gasteiger partial charge is 0.223 e. The molecule has 4 aromatic rings. The number of pyridine rings is 1. The number of aliphatic hydroxyl groups excluding tert-OH is 1. The van der Waals surface area contributed by atoms with Gasteiger partial charge in [0.05, 0.1) is 23.4 Å². The Morgan fingerprint density at radius 1 is 1.09 bits per heavy atom. The van der Waals surface area contributed by atoms with E-state index in [9.17, 15) is 10.4 Å². The van der Waals surface area contributed by atoms with Gasteiger partial charge in [0, 0.05) is 41.0 Å². The van der Waals surface area contributed by atoms with E-state index in [-0.39, 0.29) is 6.54 Å². The molecule has 3 heterocycles. The zero-order valence-corrected chi connectivity index (χ0v) is 18.3. The molecule has 0 aliphatic rings. The van der Waals surface area contributed by atoms with Gasteiger partial charge in [0.1, 0.15) is 22.3 Å². The summed E-state index contributed by atoms with van der Waals surface area (Å²) in [5, 5.41) is 20.0. The van der Waals surface area contributed by atoms with Crippen molar-refractivity contribution in [3.8, 4) is 39.7 Å². The molecule has 1 unspecified atom stereocenters. The number of nitrogens with two attached hydrogens (primary N) is 1. The minimum atomic E-state index is -0.773. The summed E-state index contributed by atoms with van der Waals surface area (Å²) in [7, 11) is 0. The highest BCUT2D eigenvalue weighted by Crippen LogP contribution is 2.34. The Kier molecular flexibility index (Phi) is 6.18. The molecule has 0 saturated carbocycles. The van der Waals surface area contributed by atoms with Crippen LogP contribution in [0.2, 0.25) is 0 Å². The van der Waals surface area contributed by atoms with Crippen molar-refractivity contribution in [1.82, 2.24) is 19.9 Å². The van der Waals surface area contributed by atoms with Crippen molar-refractivity contribution in [1.29, 1.82) is 5.26 Å². The van der Waals surface area contributed by atoms with Gasteiger partial charge in [0.2, 0.25) is 5.88 Å². The molecule has 1 atom stereocenters. The summed E-state index contributed by atoms with van der Waals surface area (Å²) in [6.07, 6.45) is 2.60. The Hall–Kier alpha value is -3.71. The lowest BCUT2D eigenvalue weighted by atomic mass is 10.1. The lowest BCUT2D eigenvalue weighted by Gasteiger charge is -2.13. The first-order valence-electron chi connectivity index (χ1n) is 9.81. The summed E-state index contributed by atoms with van der Waals surface area (Å²) < 4.78 is 6.12. The largest absolute Gasteiger partial charge is 0.438 e. The maximum absolute atomic E-state index is 9.91. The summed E-state index contributed by atoms with van der Waals surface area (Å²) >= 11 is 1.54. The first kappa shape index (κ1) is 21.5. The van der Waals surface area contributed by atoms with Gasteiger partial charge < -0.3 is 15.6 Å². The van der Waals surface area contributed by atoms with Crippen LogP contribution >= 0.6 is 11.3 Å². The number of aliphatic hydroxyl groups is 1. The number of hydrogen-bond acceptors (Lipinski definition) is 9. The van der Waals surface area contributed by atoms with E-state index >= 15 is 0 Å². The molecule has 0 bridgehead atoms. The fourth-order valence-electron chi connectivity index (χ4n) is 3.07. The number of nitriles is 1. The van der Waals surface area contributed by atoms with Gasteiger partial charge in [-0.15, -0.1) is 11.3 Å². The van der Waals surface area contributed by atoms with Crippen LogP contribution in [0.5, 0.6) is 11.6 Å². The summed E-state index contributed by atoms with van der Waals surface area (Å²) in [5.74, 6) is 1.32. The van der Waals surface area contributed by atoms with E-state index in [1.807, 2.05) is 6.92 Å². The minimum absolute atomic E-state index is 0.111. The van der Waals surface area contributed by atoms with Crippen LogP contribution < -0.4 is 10.5 Å².